The average molecular weight is 305 g/mol. The highest BCUT2D eigenvalue weighted by Gasteiger charge is 2.16. The van der Waals surface area contributed by atoms with Crippen molar-refractivity contribution in [1.82, 2.24) is 10.3 Å². The van der Waals surface area contributed by atoms with E-state index in [2.05, 4.69) is 10.3 Å². The normalized spacial score (nSPS) is 18.0. The van der Waals surface area contributed by atoms with Gasteiger partial charge in [-0.05, 0) is 30.2 Å². The number of carbonyl (C=O) groups excluding carboxylic acids is 1. The van der Waals surface area contributed by atoms with Crippen LogP contribution >= 0.6 is 11.6 Å². The number of nitrogens with one attached hydrogen (secondary N) is 1. The monoisotopic (exact) mass is 304 g/mol. The van der Waals surface area contributed by atoms with E-state index in [1.807, 2.05) is 24.3 Å². The Balaban J connectivity index is 1.66. The molecule has 1 unspecified atom stereocenters. The van der Waals surface area contributed by atoms with E-state index in [1.54, 1.807) is 6.07 Å². The van der Waals surface area contributed by atoms with Gasteiger partial charge in [0, 0.05) is 25.1 Å². The van der Waals surface area contributed by atoms with Gasteiger partial charge in [-0.2, -0.15) is 0 Å². The van der Waals surface area contributed by atoms with Gasteiger partial charge in [-0.1, -0.05) is 35.9 Å². The summed E-state index contributed by atoms with van der Waals surface area (Å²) in [5.41, 5.74) is 0.362. The van der Waals surface area contributed by atoms with Crippen molar-refractivity contribution in [2.45, 2.75) is 12.8 Å². The lowest BCUT2D eigenvalue weighted by molar-refractivity contribution is 0.0945. The number of rotatable bonds is 4. The first kappa shape index (κ1) is 14.3. The smallest absolute Gasteiger partial charge is 0.269 e. The summed E-state index contributed by atoms with van der Waals surface area (Å²) in [5.74, 6) is 0.375. The summed E-state index contributed by atoms with van der Waals surface area (Å²) in [6, 6.07) is 9.41. The van der Waals surface area contributed by atoms with Crippen LogP contribution in [0.3, 0.4) is 0 Å². The van der Waals surface area contributed by atoms with Gasteiger partial charge in [-0.3, -0.25) is 4.79 Å². The molecule has 1 fully saturated rings. The molecule has 0 spiro atoms. The molecule has 1 aromatic carbocycles. The minimum Gasteiger partial charge on any atom is -0.381 e. The van der Waals surface area contributed by atoms with Gasteiger partial charge in [-0.25, -0.2) is 4.98 Å². The largest absolute Gasteiger partial charge is 0.381 e. The molecular formula is C16H17ClN2O2. The fourth-order valence-corrected chi connectivity index (χ4v) is 2.83. The van der Waals surface area contributed by atoms with Crippen molar-refractivity contribution in [2.24, 2.45) is 5.92 Å². The van der Waals surface area contributed by atoms with Crippen molar-refractivity contribution in [2.75, 3.05) is 19.8 Å². The molecule has 2 heterocycles. The van der Waals surface area contributed by atoms with E-state index in [4.69, 9.17) is 16.3 Å². The van der Waals surface area contributed by atoms with Gasteiger partial charge in [0.1, 0.15) is 10.8 Å². The highest BCUT2D eigenvalue weighted by atomic mass is 35.5. The molecule has 0 aliphatic carbocycles. The molecule has 0 saturated carbocycles. The average Bonchev–Trinajstić information content (AvgIpc) is 3.00. The number of nitrogens with zero attached hydrogens (tertiary/aromatic N) is 1. The Morgan fingerprint density at radius 3 is 3.10 bits per heavy atom. The molecule has 0 bridgehead atoms. The summed E-state index contributed by atoms with van der Waals surface area (Å²) in [6.45, 7) is 2.27. The molecule has 0 radical (unpaired) electrons. The number of carbonyl (C=O) groups is 1. The lowest BCUT2D eigenvalue weighted by Crippen LogP contribution is -2.26. The van der Waals surface area contributed by atoms with Gasteiger partial charge < -0.3 is 10.1 Å². The van der Waals surface area contributed by atoms with Gasteiger partial charge >= 0.3 is 0 Å². The van der Waals surface area contributed by atoms with Crippen LogP contribution in [0.1, 0.15) is 23.3 Å². The van der Waals surface area contributed by atoms with Crippen LogP contribution in [0.5, 0.6) is 0 Å². The topological polar surface area (TPSA) is 51.2 Å². The van der Waals surface area contributed by atoms with Crippen molar-refractivity contribution in [3.63, 3.8) is 0 Å². The van der Waals surface area contributed by atoms with Crippen molar-refractivity contribution in [3.05, 3.63) is 41.2 Å². The molecule has 1 atom stereocenters. The highest BCUT2D eigenvalue weighted by Crippen LogP contribution is 2.22. The van der Waals surface area contributed by atoms with Crippen LogP contribution in [0.4, 0.5) is 0 Å². The molecule has 3 rings (SSSR count). The second-order valence-corrected chi connectivity index (χ2v) is 5.65. The number of pyridine rings is 1. The van der Waals surface area contributed by atoms with Crippen LogP contribution in [0.15, 0.2) is 30.3 Å². The van der Waals surface area contributed by atoms with Gasteiger partial charge in [0.05, 0.1) is 0 Å². The maximum atomic E-state index is 12.2. The lowest BCUT2D eigenvalue weighted by atomic mass is 10.1. The fourth-order valence-electron chi connectivity index (χ4n) is 2.56. The van der Waals surface area contributed by atoms with E-state index in [9.17, 15) is 4.79 Å². The molecule has 5 heteroatoms. The van der Waals surface area contributed by atoms with Gasteiger partial charge in [0.25, 0.3) is 5.91 Å². The molecule has 1 aliphatic heterocycles. The minimum absolute atomic E-state index is 0.179. The minimum atomic E-state index is -0.179. The fraction of sp³-hybridized carbons (Fsp3) is 0.375. The predicted octanol–water partition coefficient (Wildman–Crippen LogP) is 3.04. The van der Waals surface area contributed by atoms with Crippen LogP contribution in [-0.2, 0) is 4.74 Å². The lowest BCUT2D eigenvalue weighted by Gasteiger charge is -2.09. The molecule has 1 aliphatic rings. The second-order valence-electron chi connectivity index (χ2n) is 5.29. The summed E-state index contributed by atoms with van der Waals surface area (Å²) in [4.78, 5) is 16.3. The first-order chi connectivity index (χ1) is 10.2. The molecule has 1 amide bonds. The quantitative estimate of drug-likeness (QED) is 0.883. The molecule has 1 N–H and O–H groups in total. The third kappa shape index (κ3) is 3.34. The third-order valence-electron chi connectivity index (χ3n) is 3.79. The summed E-state index contributed by atoms with van der Waals surface area (Å²) < 4.78 is 5.32. The van der Waals surface area contributed by atoms with Crippen LogP contribution < -0.4 is 5.32 Å². The van der Waals surface area contributed by atoms with E-state index in [0.717, 1.165) is 36.8 Å². The van der Waals surface area contributed by atoms with Crippen LogP contribution in [0.2, 0.25) is 5.15 Å². The SMILES string of the molecule is O=C(NCCC1CCOC1)c1cc2ccccc2c(Cl)n1. The summed E-state index contributed by atoms with van der Waals surface area (Å²) in [6.07, 6.45) is 2.02. The maximum absolute atomic E-state index is 12.2. The zero-order chi connectivity index (χ0) is 14.7. The van der Waals surface area contributed by atoms with E-state index in [0.29, 0.717) is 23.3 Å². The van der Waals surface area contributed by atoms with Crippen LogP contribution in [-0.4, -0.2) is 30.6 Å². The first-order valence-electron chi connectivity index (χ1n) is 7.15. The molecule has 1 saturated heterocycles. The van der Waals surface area contributed by atoms with Crippen molar-refractivity contribution >= 4 is 28.3 Å². The first-order valence-corrected chi connectivity index (χ1v) is 7.53. The summed E-state index contributed by atoms with van der Waals surface area (Å²) in [5, 5.41) is 5.05. The number of hydrogen-bond acceptors (Lipinski definition) is 3. The van der Waals surface area contributed by atoms with Crippen molar-refractivity contribution < 1.29 is 9.53 Å². The zero-order valence-electron chi connectivity index (χ0n) is 11.6. The van der Waals surface area contributed by atoms with Gasteiger partial charge in [-0.15, -0.1) is 0 Å². The Labute approximate surface area is 128 Å². The zero-order valence-corrected chi connectivity index (χ0v) is 12.4. The molecule has 2 aromatic rings. The number of hydrogen-bond donors (Lipinski definition) is 1. The predicted molar refractivity (Wildman–Crippen MR) is 82.6 cm³/mol. The molecule has 110 valence electrons. The number of halogens is 1. The molecule has 21 heavy (non-hydrogen) atoms. The maximum Gasteiger partial charge on any atom is 0.269 e. The summed E-state index contributed by atoms with van der Waals surface area (Å²) >= 11 is 6.14. The second kappa shape index (κ2) is 6.41. The highest BCUT2D eigenvalue weighted by molar-refractivity contribution is 6.34. The Morgan fingerprint density at radius 2 is 2.29 bits per heavy atom. The van der Waals surface area contributed by atoms with Crippen molar-refractivity contribution in [3.8, 4) is 0 Å². The van der Waals surface area contributed by atoms with Crippen LogP contribution in [0.25, 0.3) is 10.8 Å². The Kier molecular flexibility index (Phi) is 4.36. The van der Waals surface area contributed by atoms with E-state index in [1.165, 1.54) is 0 Å². The Hall–Kier alpha value is -1.65. The van der Waals surface area contributed by atoms with Crippen molar-refractivity contribution in [1.29, 1.82) is 0 Å². The summed E-state index contributed by atoms with van der Waals surface area (Å²) in [7, 11) is 0. The standard InChI is InChI=1S/C16H17ClN2O2/c17-15-13-4-2-1-3-12(13)9-14(19-15)16(20)18-7-5-11-6-8-21-10-11/h1-4,9,11H,5-8,10H2,(H,18,20). The number of ether oxygens (including phenoxy) is 1. The van der Waals surface area contributed by atoms with E-state index in [-0.39, 0.29) is 5.91 Å². The Morgan fingerprint density at radius 1 is 1.43 bits per heavy atom. The Bertz CT molecular complexity index is 654. The number of aromatic nitrogens is 1. The molecule has 4 nitrogen and oxygen atoms in total. The van der Waals surface area contributed by atoms with Crippen LogP contribution in [0, 0.1) is 5.92 Å². The number of fused-ring (bicyclic) bond motifs is 1. The van der Waals surface area contributed by atoms with Gasteiger partial charge in [0.15, 0.2) is 0 Å². The number of benzene rings is 1. The molecular weight excluding hydrogens is 288 g/mol. The third-order valence-corrected chi connectivity index (χ3v) is 4.08. The van der Waals surface area contributed by atoms with Gasteiger partial charge in [0.2, 0.25) is 0 Å². The van der Waals surface area contributed by atoms with E-state index < -0.39 is 0 Å². The molecule has 1 aromatic heterocycles. The van der Waals surface area contributed by atoms with E-state index >= 15 is 0 Å². The number of amides is 1.